The lowest BCUT2D eigenvalue weighted by atomic mass is 10.1. The van der Waals surface area contributed by atoms with Crippen LogP contribution in [0.15, 0.2) is 23.2 Å². The summed E-state index contributed by atoms with van der Waals surface area (Å²) >= 11 is 0. The normalized spacial score (nSPS) is 12.9. The Hall–Kier alpha value is -1.24. The third-order valence-electron chi connectivity index (χ3n) is 3.71. The maximum Gasteiger partial charge on any atom is 0.416 e. The van der Waals surface area contributed by atoms with Crippen molar-refractivity contribution in [3.63, 3.8) is 0 Å². The smallest absolute Gasteiger partial charge is 0.416 e. The molecule has 0 spiro atoms. The van der Waals surface area contributed by atoms with Crippen LogP contribution in [0.3, 0.4) is 0 Å². The van der Waals surface area contributed by atoms with E-state index in [0.717, 1.165) is 6.07 Å². The summed E-state index contributed by atoms with van der Waals surface area (Å²) in [5.41, 5.74) is -1.44. The molecule has 0 bridgehead atoms. The molecule has 174 valence electrons. The highest BCUT2D eigenvalue weighted by Crippen LogP contribution is 2.35. The molecule has 0 aliphatic carbocycles. The summed E-state index contributed by atoms with van der Waals surface area (Å²) in [6.45, 7) is 9.01. The van der Waals surface area contributed by atoms with Crippen molar-refractivity contribution < 1.29 is 26.3 Å². The number of hydrogen-bond donors (Lipinski definition) is 2. The Labute approximate surface area is 194 Å². The molecule has 1 aromatic rings. The van der Waals surface area contributed by atoms with Gasteiger partial charge in [-0.3, -0.25) is 0 Å². The van der Waals surface area contributed by atoms with E-state index < -0.39 is 27.2 Å². The Morgan fingerprint density at radius 3 is 2.27 bits per heavy atom. The van der Waals surface area contributed by atoms with Crippen molar-refractivity contribution in [1.82, 2.24) is 10.6 Å². The van der Waals surface area contributed by atoms with Crippen LogP contribution in [0.2, 0.25) is 0 Å². The molecule has 0 aliphatic heterocycles. The maximum absolute atomic E-state index is 13.5. The number of alkyl halides is 3. The second kappa shape index (κ2) is 12.0. The highest BCUT2D eigenvalue weighted by molar-refractivity contribution is 14.0. The second-order valence-electron chi connectivity index (χ2n) is 7.39. The van der Waals surface area contributed by atoms with Crippen LogP contribution in [0, 0.1) is 0 Å². The molecule has 2 N–H and O–H groups in total. The summed E-state index contributed by atoms with van der Waals surface area (Å²) in [4.78, 5) is 4.17. The summed E-state index contributed by atoms with van der Waals surface area (Å²) < 4.78 is 69.2. The monoisotopic (exact) mass is 565 g/mol. The number of hydrogen-bond acceptors (Lipinski definition) is 4. The van der Waals surface area contributed by atoms with Gasteiger partial charge in [-0.25, -0.2) is 13.4 Å². The molecule has 0 aliphatic rings. The number of halogens is 4. The van der Waals surface area contributed by atoms with Crippen LogP contribution in [0.1, 0.15) is 45.7 Å². The molecule has 0 aromatic heterocycles. The van der Waals surface area contributed by atoms with E-state index in [9.17, 15) is 21.6 Å². The molecular formula is C19H31F3IN3O3S. The number of aliphatic imine (C=N–C) groups is 1. The van der Waals surface area contributed by atoms with Crippen molar-refractivity contribution in [3.8, 4) is 5.75 Å². The molecule has 0 radical (unpaired) electrons. The SMILES string of the molecule is CCNC(=NCc1ccc(OC(C)(C)C)cc1C(F)(F)F)NCCS(=O)(=O)CC.I. The molecule has 30 heavy (non-hydrogen) atoms. The number of benzene rings is 1. The molecule has 1 aromatic carbocycles. The lowest BCUT2D eigenvalue weighted by Crippen LogP contribution is -2.39. The van der Waals surface area contributed by atoms with Gasteiger partial charge in [-0.05, 0) is 45.4 Å². The van der Waals surface area contributed by atoms with Crippen molar-refractivity contribution in [1.29, 1.82) is 0 Å². The topological polar surface area (TPSA) is 79.8 Å². The van der Waals surface area contributed by atoms with Gasteiger partial charge in [-0.1, -0.05) is 13.0 Å². The molecule has 0 amide bonds. The highest BCUT2D eigenvalue weighted by atomic mass is 127. The van der Waals surface area contributed by atoms with Crippen LogP contribution < -0.4 is 15.4 Å². The summed E-state index contributed by atoms with van der Waals surface area (Å²) in [6, 6.07) is 3.81. The van der Waals surface area contributed by atoms with Crippen LogP contribution in [0.25, 0.3) is 0 Å². The number of guanidine groups is 1. The van der Waals surface area contributed by atoms with Gasteiger partial charge < -0.3 is 15.4 Å². The Bertz CT molecular complexity index is 807. The van der Waals surface area contributed by atoms with E-state index in [-0.39, 0.29) is 65.8 Å². The van der Waals surface area contributed by atoms with E-state index in [0.29, 0.717) is 6.54 Å². The molecule has 0 unspecified atom stereocenters. The number of ether oxygens (including phenoxy) is 1. The fourth-order valence-corrected chi connectivity index (χ4v) is 3.05. The Morgan fingerprint density at radius 1 is 1.13 bits per heavy atom. The molecule has 0 fully saturated rings. The summed E-state index contributed by atoms with van der Waals surface area (Å²) in [6.07, 6.45) is -4.55. The first-order chi connectivity index (χ1) is 13.3. The van der Waals surface area contributed by atoms with Crippen molar-refractivity contribution in [3.05, 3.63) is 29.3 Å². The zero-order valence-corrected chi connectivity index (χ0v) is 21.0. The van der Waals surface area contributed by atoms with Gasteiger partial charge in [0.1, 0.15) is 11.4 Å². The molecule has 6 nitrogen and oxygen atoms in total. The quantitative estimate of drug-likeness (QED) is 0.283. The van der Waals surface area contributed by atoms with E-state index in [2.05, 4.69) is 15.6 Å². The summed E-state index contributed by atoms with van der Waals surface area (Å²) in [5, 5.41) is 5.73. The second-order valence-corrected chi connectivity index (χ2v) is 9.86. The third-order valence-corrected chi connectivity index (χ3v) is 5.41. The molecular weight excluding hydrogens is 534 g/mol. The van der Waals surface area contributed by atoms with Crippen molar-refractivity contribution >= 4 is 39.8 Å². The van der Waals surface area contributed by atoms with E-state index in [1.807, 2.05) is 0 Å². The molecule has 0 heterocycles. The zero-order valence-electron chi connectivity index (χ0n) is 17.9. The van der Waals surface area contributed by atoms with Gasteiger partial charge in [0, 0.05) is 18.8 Å². The van der Waals surface area contributed by atoms with Crippen LogP contribution >= 0.6 is 24.0 Å². The lowest BCUT2D eigenvalue weighted by molar-refractivity contribution is -0.138. The minimum Gasteiger partial charge on any atom is -0.488 e. The Balaban J connectivity index is 0.00000841. The van der Waals surface area contributed by atoms with Crippen LogP contribution in [0.4, 0.5) is 13.2 Å². The van der Waals surface area contributed by atoms with Gasteiger partial charge >= 0.3 is 6.18 Å². The van der Waals surface area contributed by atoms with Gasteiger partial charge in [0.2, 0.25) is 0 Å². The first-order valence-corrected chi connectivity index (χ1v) is 11.2. The van der Waals surface area contributed by atoms with Crippen molar-refractivity contribution in [2.75, 3.05) is 24.6 Å². The van der Waals surface area contributed by atoms with E-state index >= 15 is 0 Å². The number of nitrogens with one attached hydrogen (secondary N) is 2. The van der Waals surface area contributed by atoms with Crippen LogP contribution in [0.5, 0.6) is 5.75 Å². The third kappa shape index (κ3) is 10.7. The molecule has 1 rings (SSSR count). The molecule has 0 saturated heterocycles. The Morgan fingerprint density at radius 2 is 1.77 bits per heavy atom. The van der Waals surface area contributed by atoms with Gasteiger partial charge in [0.25, 0.3) is 0 Å². The molecule has 0 saturated carbocycles. The first kappa shape index (κ1) is 28.8. The van der Waals surface area contributed by atoms with Crippen LogP contribution in [-0.4, -0.2) is 44.6 Å². The average molecular weight is 565 g/mol. The van der Waals surface area contributed by atoms with Crippen LogP contribution in [-0.2, 0) is 22.6 Å². The zero-order chi connectivity index (χ0) is 22.3. The largest absolute Gasteiger partial charge is 0.488 e. The molecule has 0 atom stereocenters. The van der Waals surface area contributed by atoms with E-state index in [4.69, 9.17) is 4.74 Å². The molecule has 11 heteroatoms. The van der Waals surface area contributed by atoms with Gasteiger partial charge in [-0.15, -0.1) is 24.0 Å². The van der Waals surface area contributed by atoms with Gasteiger partial charge in [0.15, 0.2) is 15.8 Å². The Kier molecular flexibility index (Phi) is 11.5. The van der Waals surface area contributed by atoms with Gasteiger partial charge in [-0.2, -0.15) is 13.2 Å². The highest BCUT2D eigenvalue weighted by Gasteiger charge is 2.34. The standard InChI is InChI=1S/C19H30F3N3O3S.HI/c1-6-23-17(24-10-11-29(26,27)7-2)25-13-14-8-9-15(28-18(3,4)5)12-16(14)19(20,21)22;/h8-9,12H,6-7,10-11,13H2,1-5H3,(H2,23,24,25);1H. The summed E-state index contributed by atoms with van der Waals surface area (Å²) in [7, 11) is -3.15. The minimum atomic E-state index is -4.55. The predicted octanol–water partition coefficient (Wildman–Crippen LogP) is 3.99. The number of rotatable bonds is 8. The minimum absolute atomic E-state index is 0. The first-order valence-electron chi connectivity index (χ1n) is 9.39. The average Bonchev–Trinajstić information content (AvgIpc) is 2.58. The lowest BCUT2D eigenvalue weighted by Gasteiger charge is -2.22. The summed E-state index contributed by atoms with van der Waals surface area (Å²) in [5.74, 6) is 0.329. The van der Waals surface area contributed by atoms with Crippen molar-refractivity contribution in [2.24, 2.45) is 4.99 Å². The van der Waals surface area contributed by atoms with Gasteiger partial charge in [0.05, 0.1) is 17.9 Å². The maximum atomic E-state index is 13.5. The number of nitrogens with zero attached hydrogens (tertiary/aromatic N) is 1. The fraction of sp³-hybridized carbons (Fsp3) is 0.632. The van der Waals surface area contributed by atoms with E-state index in [1.54, 1.807) is 34.6 Å². The fourth-order valence-electron chi connectivity index (χ4n) is 2.35. The van der Waals surface area contributed by atoms with Crippen molar-refractivity contribution in [2.45, 2.75) is 52.9 Å². The number of sulfone groups is 1. The predicted molar refractivity (Wildman–Crippen MR) is 124 cm³/mol. The van der Waals surface area contributed by atoms with E-state index in [1.165, 1.54) is 12.1 Å².